The van der Waals surface area contributed by atoms with Gasteiger partial charge in [-0.25, -0.2) is 0 Å². The van der Waals surface area contributed by atoms with E-state index in [1.54, 1.807) is 0 Å². The van der Waals surface area contributed by atoms with Gasteiger partial charge in [0.2, 0.25) is 0 Å². The quantitative estimate of drug-likeness (QED) is 0.249. The van der Waals surface area contributed by atoms with Crippen molar-refractivity contribution in [2.45, 2.75) is 110 Å². The summed E-state index contributed by atoms with van der Waals surface area (Å²) in [6, 6.07) is 0. The molecule has 0 aliphatic rings. The van der Waals surface area contributed by atoms with Gasteiger partial charge in [0, 0.05) is 31.6 Å². The summed E-state index contributed by atoms with van der Waals surface area (Å²) in [5.74, 6) is 16.8. The highest BCUT2D eigenvalue weighted by Crippen LogP contribution is 2.13. The molecule has 0 aliphatic carbocycles. The monoisotopic (exact) mass is 326 g/mol. The molecule has 1 atom stereocenters. The van der Waals surface area contributed by atoms with Crippen LogP contribution in [0.1, 0.15) is 110 Å². The van der Waals surface area contributed by atoms with Crippen molar-refractivity contribution in [3.8, 4) is 36.0 Å². The van der Waals surface area contributed by atoms with Crippen LogP contribution >= 0.6 is 0 Å². The number of unbranched alkanes of at least 4 members (excludes halogenated alkanes) is 10. The Morgan fingerprint density at radius 1 is 0.667 bits per heavy atom. The lowest BCUT2D eigenvalue weighted by Crippen LogP contribution is -1.96. The van der Waals surface area contributed by atoms with Gasteiger partial charge < -0.3 is 0 Å². The second-order valence-electron chi connectivity index (χ2n) is 6.65. The average molecular weight is 327 g/mol. The molecule has 0 aromatic heterocycles. The van der Waals surface area contributed by atoms with Crippen LogP contribution < -0.4 is 0 Å². The highest BCUT2D eigenvalue weighted by molar-refractivity contribution is 5.09. The maximum absolute atomic E-state index is 5.33. The topological polar surface area (TPSA) is 0 Å². The normalized spacial score (nSPS) is 10.9. The van der Waals surface area contributed by atoms with Crippen LogP contribution in [0.15, 0.2) is 0 Å². The van der Waals surface area contributed by atoms with Crippen LogP contribution in [0.2, 0.25) is 0 Å². The van der Waals surface area contributed by atoms with Gasteiger partial charge in [-0.05, 0) is 25.7 Å². The summed E-state index contributed by atoms with van der Waals surface area (Å²) in [6.07, 6.45) is 23.1. The summed E-state index contributed by atoms with van der Waals surface area (Å²) in [7, 11) is 0. The van der Waals surface area contributed by atoms with Gasteiger partial charge in [0.1, 0.15) is 0 Å². The van der Waals surface area contributed by atoms with Crippen molar-refractivity contribution in [1.82, 2.24) is 0 Å². The minimum Gasteiger partial charge on any atom is -0.120 e. The molecule has 0 bridgehead atoms. The van der Waals surface area contributed by atoms with E-state index >= 15 is 0 Å². The number of hydrogen-bond donors (Lipinski definition) is 0. The summed E-state index contributed by atoms with van der Waals surface area (Å²) in [4.78, 5) is 0. The Hall–Kier alpha value is -1.32. The van der Waals surface area contributed by atoms with E-state index in [1.165, 1.54) is 57.8 Å². The Labute approximate surface area is 152 Å². The van der Waals surface area contributed by atoms with Crippen molar-refractivity contribution in [3.63, 3.8) is 0 Å². The van der Waals surface area contributed by atoms with Crippen molar-refractivity contribution in [1.29, 1.82) is 0 Å². The summed E-state index contributed by atoms with van der Waals surface area (Å²) in [5.41, 5.74) is 0. The van der Waals surface area contributed by atoms with Crippen LogP contribution in [0.5, 0.6) is 0 Å². The molecule has 24 heavy (non-hydrogen) atoms. The first kappa shape index (κ1) is 22.7. The molecule has 0 N–H and O–H groups in total. The molecule has 0 nitrogen and oxygen atoms in total. The smallest absolute Gasteiger partial charge is 0.0312 e. The van der Waals surface area contributed by atoms with E-state index in [0.717, 1.165) is 38.5 Å². The fourth-order valence-electron chi connectivity index (χ4n) is 2.62. The van der Waals surface area contributed by atoms with Crippen LogP contribution in [0.3, 0.4) is 0 Å². The summed E-state index contributed by atoms with van der Waals surface area (Å²) < 4.78 is 0. The molecular formula is C24H38. The third kappa shape index (κ3) is 17.0. The Bertz CT molecular complexity index is 415. The molecule has 0 saturated heterocycles. The molecule has 0 heterocycles. The lowest BCUT2D eigenvalue weighted by Gasteiger charge is -2.06. The van der Waals surface area contributed by atoms with Crippen molar-refractivity contribution in [2.24, 2.45) is 5.92 Å². The minimum atomic E-state index is 0.442. The molecule has 0 aromatic rings. The molecule has 0 heteroatoms. The van der Waals surface area contributed by atoms with Gasteiger partial charge in [-0.15, -0.1) is 30.1 Å². The fraction of sp³-hybridized carbons (Fsp3) is 0.750. The summed E-state index contributed by atoms with van der Waals surface area (Å²) in [6.45, 7) is 4.50. The molecule has 0 saturated carbocycles. The highest BCUT2D eigenvalue weighted by Gasteiger charge is 2.02. The maximum atomic E-state index is 5.33. The molecule has 0 spiro atoms. The first-order valence-corrected chi connectivity index (χ1v) is 10.2. The third-order valence-corrected chi connectivity index (χ3v) is 4.21. The van der Waals surface area contributed by atoms with Crippen molar-refractivity contribution in [2.75, 3.05) is 0 Å². The van der Waals surface area contributed by atoms with Crippen molar-refractivity contribution in [3.05, 3.63) is 0 Å². The standard InChI is InChI=1S/C24H38/c1-4-7-10-13-15-17-20-23-24(21-18-12-9-6-3)22-19-16-14-11-8-5-2/h3,24H,4-5,7-16,18,21,23H2,1-2H3. The van der Waals surface area contributed by atoms with Crippen LogP contribution in [0.4, 0.5) is 0 Å². The largest absolute Gasteiger partial charge is 0.120 e. The van der Waals surface area contributed by atoms with Crippen LogP contribution in [-0.2, 0) is 0 Å². The zero-order valence-electron chi connectivity index (χ0n) is 16.3. The third-order valence-electron chi connectivity index (χ3n) is 4.21. The van der Waals surface area contributed by atoms with Gasteiger partial charge in [0.25, 0.3) is 0 Å². The zero-order valence-corrected chi connectivity index (χ0v) is 16.3. The molecule has 134 valence electrons. The lowest BCUT2D eigenvalue weighted by molar-refractivity contribution is 0.572. The number of rotatable bonds is 13. The minimum absolute atomic E-state index is 0.442. The van der Waals surface area contributed by atoms with Gasteiger partial charge in [-0.2, -0.15) is 0 Å². The second kappa shape index (κ2) is 19.7. The lowest BCUT2D eigenvalue weighted by atomic mass is 9.98. The number of terminal acetylenes is 1. The summed E-state index contributed by atoms with van der Waals surface area (Å²) >= 11 is 0. The maximum Gasteiger partial charge on any atom is 0.0312 e. The van der Waals surface area contributed by atoms with Gasteiger partial charge in [-0.3, -0.25) is 0 Å². The van der Waals surface area contributed by atoms with Gasteiger partial charge >= 0.3 is 0 Å². The van der Waals surface area contributed by atoms with E-state index in [1.807, 2.05) is 0 Å². The fourth-order valence-corrected chi connectivity index (χ4v) is 2.62. The molecule has 0 aliphatic heterocycles. The number of hydrogen-bond acceptors (Lipinski definition) is 0. The molecule has 0 rings (SSSR count). The molecule has 0 fully saturated rings. The van der Waals surface area contributed by atoms with E-state index in [4.69, 9.17) is 6.42 Å². The predicted octanol–water partition coefficient (Wildman–Crippen LogP) is 7.13. The predicted molar refractivity (Wildman–Crippen MR) is 108 cm³/mol. The molecule has 0 amide bonds. The van der Waals surface area contributed by atoms with Crippen molar-refractivity contribution < 1.29 is 0 Å². The SMILES string of the molecule is C#CCCCCC(C#CCCCCCC)CC#CCCCCCC. The van der Waals surface area contributed by atoms with Crippen molar-refractivity contribution >= 4 is 0 Å². The first-order chi connectivity index (χ1) is 11.8. The molecule has 0 aromatic carbocycles. The average Bonchev–Trinajstić information content (AvgIpc) is 2.60. The van der Waals surface area contributed by atoms with Gasteiger partial charge in [0.15, 0.2) is 0 Å². The molecule has 1 unspecified atom stereocenters. The molecule has 0 radical (unpaired) electrons. The van der Waals surface area contributed by atoms with E-state index in [2.05, 4.69) is 43.4 Å². The van der Waals surface area contributed by atoms with Crippen LogP contribution in [0.25, 0.3) is 0 Å². The van der Waals surface area contributed by atoms with E-state index in [0.29, 0.717) is 5.92 Å². The Morgan fingerprint density at radius 3 is 1.92 bits per heavy atom. The Balaban J connectivity index is 4.10. The Morgan fingerprint density at radius 2 is 1.29 bits per heavy atom. The molecular weight excluding hydrogens is 288 g/mol. The zero-order chi connectivity index (χ0) is 17.7. The van der Waals surface area contributed by atoms with Gasteiger partial charge in [-0.1, -0.05) is 64.7 Å². The first-order valence-electron chi connectivity index (χ1n) is 10.2. The van der Waals surface area contributed by atoms with Gasteiger partial charge in [0.05, 0.1) is 0 Å². The highest BCUT2D eigenvalue weighted by atomic mass is 14.1. The van der Waals surface area contributed by atoms with Crippen LogP contribution in [-0.4, -0.2) is 0 Å². The second-order valence-corrected chi connectivity index (χ2v) is 6.65. The van der Waals surface area contributed by atoms with E-state index < -0.39 is 0 Å². The Kier molecular flexibility index (Phi) is 18.6. The summed E-state index contributed by atoms with van der Waals surface area (Å²) in [5, 5.41) is 0. The van der Waals surface area contributed by atoms with E-state index in [9.17, 15) is 0 Å². The van der Waals surface area contributed by atoms with Crippen LogP contribution in [0, 0.1) is 41.9 Å². The van der Waals surface area contributed by atoms with E-state index in [-0.39, 0.29) is 0 Å².